The molecule has 0 bridgehead atoms. The molecule has 8 heteroatoms. The number of thiophene rings is 1. The van der Waals surface area contributed by atoms with Crippen molar-refractivity contribution >= 4 is 22.4 Å². The summed E-state index contributed by atoms with van der Waals surface area (Å²) in [6, 6.07) is 3.93. The Morgan fingerprint density at radius 3 is 3.14 bits per heavy atom. The Hall–Kier alpha value is -2.03. The normalized spacial score (nSPS) is 12.8. The molecule has 22 heavy (non-hydrogen) atoms. The third-order valence-electron chi connectivity index (χ3n) is 3.26. The van der Waals surface area contributed by atoms with Gasteiger partial charge in [0.15, 0.2) is 5.65 Å². The molecule has 7 nitrogen and oxygen atoms in total. The lowest BCUT2D eigenvalue weighted by Gasteiger charge is -2.12. The molecule has 116 valence electrons. The highest BCUT2D eigenvalue weighted by Crippen LogP contribution is 2.10. The Labute approximate surface area is 130 Å². The predicted molar refractivity (Wildman–Crippen MR) is 82.8 cm³/mol. The summed E-state index contributed by atoms with van der Waals surface area (Å²) in [6.07, 6.45) is 2.14. The lowest BCUT2D eigenvalue weighted by molar-refractivity contribution is 0.0207. The van der Waals surface area contributed by atoms with Gasteiger partial charge in [0.05, 0.1) is 32.1 Å². The van der Waals surface area contributed by atoms with Crippen LogP contribution in [0.3, 0.4) is 0 Å². The fraction of sp³-hybridized carbons (Fsp3) is 0.357. The summed E-state index contributed by atoms with van der Waals surface area (Å²) in [7, 11) is 1.73. The first kappa shape index (κ1) is 14.9. The van der Waals surface area contributed by atoms with Gasteiger partial charge in [0.25, 0.3) is 5.56 Å². The Bertz CT molecular complexity index is 809. The molecule has 0 aliphatic heterocycles. The third-order valence-corrected chi connectivity index (χ3v) is 4.11. The van der Waals surface area contributed by atoms with E-state index in [2.05, 4.69) is 10.1 Å². The van der Waals surface area contributed by atoms with Gasteiger partial charge in [-0.05, 0) is 11.4 Å². The van der Waals surface area contributed by atoms with Crippen molar-refractivity contribution in [2.45, 2.75) is 19.3 Å². The molecule has 0 saturated carbocycles. The van der Waals surface area contributed by atoms with Crippen LogP contribution in [0.5, 0.6) is 0 Å². The maximum Gasteiger partial charge on any atom is 0.264 e. The fourth-order valence-corrected chi connectivity index (χ4v) is 2.81. The van der Waals surface area contributed by atoms with E-state index in [9.17, 15) is 9.90 Å². The fourth-order valence-electron chi connectivity index (χ4n) is 2.17. The number of hydrogen-bond acceptors (Lipinski definition) is 6. The predicted octanol–water partition coefficient (Wildman–Crippen LogP) is 0.769. The molecule has 1 atom stereocenters. The molecule has 3 rings (SSSR count). The van der Waals surface area contributed by atoms with Gasteiger partial charge in [0, 0.05) is 11.9 Å². The number of aryl methyl sites for hydroxylation is 1. The standard InChI is InChI=1S/C14H16N4O3S/c1-17-13-12(5-16-17)14(20)18(9-15-13)6-10(19)7-21-8-11-3-2-4-22-11/h2-5,9-10,19H,6-8H2,1H3. The summed E-state index contributed by atoms with van der Waals surface area (Å²) in [5, 5.41) is 16.4. The number of fused-ring (bicyclic) bond motifs is 1. The molecule has 0 spiro atoms. The van der Waals surface area contributed by atoms with E-state index in [0.717, 1.165) is 4.88 Å². The summed E-state index contributed by atoms with van der Waals surface area (Å²) in [4.78, 5) is 17.5. The van der Waals surface area contributed by atoms with Crippen molar-refractivity contribution in [1.29, 1.82) is 0 Å². The molecule has 0 aliphatic carbocycles. The zero-order valence-corrected chi connectivity index (χ0v) is 12.9. The molecule has 0 amide bonds. The second kappa shape index (κ2) is 6.39. The minimum absolute atomic E-state index is 0.140. The van der Waals surface area contributed by atoms with E-state index >= 15 is 0 Å². The van der Waals surface area contributed by atoms with E-state index in [-0.39, 0.29) is 18.7 Å². The Morgan fingerprint density at radius 2 is 2.36 bits per heavy atom. The molecule has 3 aromatic heterocycles. The van der Waals surface area contributed by atoms with Crippen LogP contribution >= 0.6 is 11.3 Å². The van der Waals surface area contributed by atoms with Gasteiger partial charge in [0.1, 0.15) is 11.7 Å². The van der Waals surface area contributed by atoms with Gasteiger partial charge < -0.3 is 9.84 Å². The highest BCUT2D eigenvalue weighted by atomic mass is 32.1. The third kappa shape index (κ3) is 3.08. The van der Waals surface area contributed by atoms with E-state index in [4.69, 9.17) is 4.74 Å². The smallest absolute Gasteiger partial charge is 0.264 e. The van der Waals surface area contributed by atoms with E-state index in [1.54, 1.807) is 23.1 Å². The minimum Gasteiger partial charge on any atom is -0.389 e. The average Bonchev–Trinajstić information content (AvgIpc) is 3.13. The maximum atomic E-state index is 12.3. The first-order valence-corrected chi connectivity index (χ1v) is 7.68. The van der Waals surface area contributed by atoms with Crippen LogP contribution in [0.15, 0.2) is 34.8 Å². The SMILES string of the molecule is Cn1ncc2c(=O)n(CC(O)COCc3cccs3)cnc21. The Morgan fingerprint density at radius 1 is 1.50 bits per heavy atom. The Balaban J connectivity index is 1.62. The molecular weight excluding hydrogens is 304 g/mol. The van der Waals surface area contributed by atoms with Gasteiger partial charge in [-0.25, -0.2) is 4.98 Å². The van der Waals surface area contributed by atoms with Crippen LogP contribution in [-0.4, -0.2) is 37.1 Å². The topological polar surface area (TPSA) is 82.2 Å². The monoisotopic (exact) mass is 320 g/mol. The minimum atomic E-state index is -0.770. The van der Waals surface area contributed by atoms with Crippen LogP contribution in [0.1, 0.15) is 4.88 Å². The second-order valence-electron chi connectivity index (χ2n) is 4.96. The number of rotatable bonds is 6. The average molecular weight is 320 g/mol. The second-order valence-corrected chi connectivity index (χ2v) is 5.99. The van der Waals surface area contributed by atoms with Gasteiger partial charge >= 0.3 is 0 Å². The summed E-state index contributed by atoms with van der Waals surface area (Å²) >= 11 is 1.60. The van der Waals surface area contributed by atoms with Gasteiger partial charge in [0.2, 0.25) is 0 Å². The lowest BCUT2D eigenvalue weighted by Crippen LogP contribution is -2.29. The first-order chi connectivity index (χ1) is 10.6. The van der Waals surface area contributed by atoms with Gasteiger partial charge in [-0.15, -0.1) is 11.3 Å². The van der Waals surface area contributed by atoms with Crippen molar-refractivity contribution in [2.24, 2.45) is 7.05 Å². The largest absolute Gasteiger partial charge is 0.389 e. The van der Waals surface area contributed by atoms with E-state index in [1.165, 1.54) is 17.1 Å². The highest BCUT2D eigenvalue weighted by molar-refractivity contribution is 7.09. The maximum absolute atomic E-state index is 12.3. The van der Waals surface area contributed by atoms with Gasteiger partial charge in [-0.3, -0.25) is 14.0 Å². The zero-order chi connectivity index (χ0) is 15.5. The molecular formula is C14H16N4O3S. The molecule has 0 aromatic carbocycles. The number of aromatic nitrogens is 4. The summed E-state index contributed by atoms with van der Waals surface area (Å²) in [5.74, 6) is 0. The van der Waals surface area contributed by atoms with Crippen LogP contribution < -0.4 is 5.56 Å². The van der Waals surface area contributed by atoms with E-state index < -0.39 is 6.10 Å². The number of ether oxygens (including phenoxy) is 1. The molecule has 1 N–H and O–H groups in total. The van der Waals surface area contributed by atoms with Gasteiger partial charge in [-0.2, -0.15) is 5.10 Å². The highest BCUT2D eigenvalue weighted by Gasteiger charge is 2.11. The molecule has 3 aromatic rings. The van der Waals surface area contributed by atoms with Crippen LogP contribution in [-0.2, 0) is 24.9 Å². The van der Waals surface area contributed by atoms with Crippen molar-refractivity contribution in [3.8, 4) is 0 Å². The number of hydrogen-bond donors (Lipinski definition) is 1. The molecule has 0 fully saturated rings. The van der Waals surface area contributed by atoms with E-state index in [1.807, 2.05) is 17.5 Å². The van der Waals surface area contributed by atoms with Gasteiger partial charge in [-0.1, -0.05) is 6.07 Å². The molecule has 1 unspecified atom stereocenters. The van der Waals surface area contributed by atoms with Crippen LogP contribution in [0.25, 0.3) is 11.0 Å². The quantitative estimate of drug-likeness (QED) is 0.725. The summed E-state index contributed by atoms with van der Waals surface area (Å²) in [5.41, 5.74) is 0.320. The Kier molecular flexibility index (Phi) is 4.32. The number of nitrogens with zero attached hydrogens (tertiary/aromatic N) is 4. The van der Waals surface area contributed by atoms with Crippen molar-refractivity contribution in [2.75, 3.05) is 6.61 Å². The van der Waals surface area contributed by atoms with Crippen molar-refractivity contribution in [3.63, 3.8) is 0 Å². The lowest BCUT2D eigenvalue weighted by atomic mass is 10.3. The molecule has 0 aliphatic rings. The number of aliphatic hydroxyl groups excluding tert-OH is 1. The molecule has 3 heterocycles. The zero-order valence-electron chi connectivity index (χ0n) is 12.0. The van der Waals surface area contributed by atoms with E-state index in [0.29, 0.717) is 17.6 Å². The first-order valence-electron chi connectivity index (χ1n) is 6.80. The summed E-state index contributed by atoms with van der Waals surface area (Å²) < 4.78 is 8.37. The van der Waals surface area contributed by atoms with Crippen LogP contribution in [0.4, 0.5) is 0 Å². The summed E-state index contributed by atoms with van der Waals surface area (Å²) in [6.45, 7) is 0.764. The van der Waals surface area contributed by atoms with Crippen LogP contribution in [0, 0.1) is 0 Å². The number of aliphatic hydroxyl groups is 1. The van der Waals surface area contributed by atoms with Crippen LogP contribution in [0.2, 0.25) is 0 Å². The van der Waals surface area contributed by atoms with Crippen molar-refractivity contribution in [1.82, 2.24) is 19.3 Å². The van der Waals surface area contributed by atoms with Crippen molar-refractivity contribution in [3.05, 3.63) is 45.3 Å². The van der Waals surface area contributed by atoms with Crippen molar-refractivity contribution < 1.29 is 9.84 Å². The molecule has 0 radical (unpaired) electrons. The molecule has 0 saturated heterocycles.